The lowest BCUT2D eigenvalue weighted by molar-refractivity contribution is -0.576. The van der Waals surface area contributed by atoms with Crippen LogP contribution in [-0.4, -0.2) is 0 Å². The third-order valence-corrected chi connectivity index (χ3v) is 5.61. The zero-order chi connectivity index (χ0) is 16.0. The highest BCUT2D eigenvalue weighted by Gasteiger charge is 2.45. The summed E-state index contributed by atoms with van der Waals surface area (Å²) >= 11 is 0. The van der Waals surface area contributed by atoms with E-state index in [0.29, 0.717) is 0 Å². The fourth-order valence-electron chi connectivity index (χ4n) is 4.25. The predicted molar refractivity (Wildman–Crippen MR) is 97.2 cm³/mol. The lowest BCUT2D eigenvalue weighted by Crippen LogP contribution is -2.48. The van der Waals surface area contributed by atoms with E-state index in [1.807, 2.05) is 0 Å². The lowest BCUT2D eigenvalue weighted by Gasteiger charge is -2.35. The molecule has 2 aromatic carbocycles. The van der Waals surface area contributed by atoms with Crippen LogP contribution in [0.15, 0.2) is 67.4 Å². The third-order valence-electron chi connectivity index (χ3n) is 5.61. The minimum atomic E-state index is 0.0245. The Morgan fingerprint density at radius 1 is 0.913 bits per heavy atom. The molecule has 0 unspecified atom stereocenters. The third kappa shape index (κ3) is 1.77. The molecule has 0 N–H and O–H groups in total. The summed E-state index contributed by atoms with van der Waals surface area (Å²) in [6, 6.07) is 19.7. The van der Waals surface area contributed by atoms with Gasteiger partial charge in [0.05, 0.1) is 16.4 Å². The second-order valence-corrected chi connectivity index (χ2v) is 6.40. The maximum Gasteiger partial charge on any atom is 0.226 e. The fraction of sp³-hybridized carbons (Fsp3) is 0.227. The van der Waals surface area contributed by atoms with Crippen molar-refractivity contribution >= 4 is 16.5 Å². The van der Waals surface area contributed by atoms with Crippen LogP contribution in [0.25, 0.3) is 27.7 Å². The Labute approximate surface area is 137 Å². The predicted octanol–water partition coefficient (Wildman–Crippen LogP) is 5.34. The molecule has 1 nitrogen and oxygen atoms in total. The van der Waals surface area contributed by atoms with E-state index in [1.165, 1.54) is 33.3 Å². The summed E-state index contributed by atoms with van der Waals surface area (Å²) < 4.78 is 2.32. The topological polar surface area (TPSA) is 3.88 Å². The number of pyridine rings is 1. The van der Waals surface area contributed by atoms with E-state index in [1.54, 1.807) is 0 Å². The first kappa shape index (κ1) is 14.2. The number of hydrogen-bond acceptors (Lipinski definition) is 0. The molecule has 4 rings (SSSR count). The van der Waals surface area contributed by atoms with Crippen LogP contribution in [0.2, 0.25) is 0 Å². The summed E-state index contributed by atoms with van der Waals surface area (Å²) in [6.45, 7) is 9.07. The minimum absolute atomic E-state index is 0.0245. The summed E-state index contributed by atoms with van der Waals surface area (Å²) in [7, 11) is 0. The molecule has 2 heterocycles. The van der Waals surface area contributed by atoms with E-state index in [2.05, 4.69) is 85.8 Å². The van der Waals surface area contributed by atoms with Crippen LogP contribution >= 0.6 is 0 Å². The normalized spacial score (nSPS) is 15.3. The molecule has 3 aromatic rings. The van der Waals surface area contributed by atoms with Crippen molar-refractivity contribution in [1.29, 1.82) is 0 Å². The summed E-state index contributed by atoms with van der Waals surface area (Å²) in [6.07, 6.45) is 4.33. The lowest BCUT2D eigenvalue weighted by atomic mass is 9.69. The standard InChI is InChI=1S/C22H22N/c1-4-22(5-2)16(3)23-15-14-17-10-6-7-11-18(17)21(23)19-12-8-9-13-20(19)22/h6-15H,3-5H2,1-2H3/q+1. The number of fused-ring (bicyclic) bond motifs is 5. The van der Waals surface area contributed by atoms with Gasteiger partial charge < -0.3 is 0 Å². The van der Waals surface area contributed by atoms with Crippen LogP contribution in [0.1, 0.15) is 32.3 Å². The van der Waals surface area contributed by atoms with Gasteiger partial charge in [-0.1, -0.05) is 50.2 Å². The van der Waals surface area contributed by atoms with Crippen LogP contribution in [0, 0.1) is 0 Å². The van der Waals surface area contributed by atoms with Gasteiger partial charge in [0.15, 0.2) is 11.9 Å². The second kappa shape index (κ2) is 5.06. The highest BCUT2D eigenvalue weighted by Crippen LogP contribution is 2.47. The van der Waals surface area contributed by atoms with Crippen molar-refractivity contribution in [2.45, 2.75) is 32.1 Å². The Hall–Kier alpha value is -2.41. The Morgan fingerprint density at radius 3 is 2.39 bits per heavy atom. The number of allylic oxidation sites excluding steroid dienone is 1. The van der Waals surface area contributed by atoms with Crippen molar-refractivity contribution < 1.29 is 4.57 Å². The molecular weight excluding hydrogens is 278 g/mol. The maximum absolute atomic E-state index is 4.52. The Morgan fingerprint density at radius 2 is 1.61 bits per heavy atom. The van der Waals surface area contributed by atoms with E-state index in [9.17, 15) is 0 Å². The average Bonchev–Trinajstić information content (AvgIpc) is 2.62. The highest BCUT2D eigenvalue weighted by molar-refractivity contribution is 5.95. The van der Waals surface area contributed by atoms with Gasteiger partial charge in [0.1, 0.15) is 0 Å². The van der Waals surface area contributed by atoms with Crippen LogP contribution in [0.3, 0.4) is 0 Å². The van der Waals surface area contributed by atoms with Gasteiger partial charge in [0.2, 0.25) is 5.69 Å². The van der Waals surface area contributed by atoms with Crippen molar-refractivity contribution in [2.75, 3.05) is 0 Å². The number of nitrogens with zero attached hydrogens (tertiary/aromatic N) is 1. The molecule has 23 heavy (non-hydrogen) atoms. The van der Waals surface area contributed by atoms with Crippen LogP contribution in [-0.2, 0) is 5.41 Å². The SMILES string of the molecule is C=C1[n+]2ccc3ccccc3c2-c2ccccc2C1(CC)CC. The van der Waals surface area contributed by atoms with Gasteiger partial charge in [0, 0.05) is 6.07 Å². The molecule has 1 aliphatic heterocycles. The molecule has 0 bridgehead atoms. The molecular formula is C22H22N+. The summed E-state index contributed by atoms with van der Waals surface area (Å²) in [5.41, 5.74) is 5.27. The zero-order valence-electron chi connectivity index (χ0n) is 13.8. The van der Waals surface area contributed by atoms with Gasteiger partial charge in [-0.2, -0.15) is 4.57 Å². The number of benzene rings is 2. The first-order chi connectivity index (χ1) is 11.2. The van der Waals surface area contributed by atoms with E-state index in [4.69, 9.17) is 0 Å². The van der Waals surface area contributed by atoms with Crippen LogP contribution < -0.4 is 4.57 Å². The molecule has 0 saturated carbocycles. The van der Waals surface area contributed by atoms with Gasteiger partial charge in [-0.15, -0.1) is 0 Å². The smallest absolute Gasteiger partial charge is 0.163 e. The van der Waals surface area contributed by atoms with Crippen LogP contribution in [0.5, 0.6) is 0 Å². The first-order valence-corrected chi connectivity index (χ1v) is 8.46. The molecule has 0 fully saturated rings. The highest BCUT2D eigenvalue weighted by atomic mass is 15.0. The number of rotatable bonds is 2. The van der Waals surface area contributed by atoms with Crippen molar-refractivity contribution in [1.82, 2.24) is 0 Å². The molecule has 114 valence electrons. The van der Waals surface area contributed by atoms with Gasteiger partial charge in [-0.3, -0.25) is 0 Å². The molecule has 0 saturated heterocycles. The molecule has 0 atom stereocenters. The molecule has 0 amide bonds. The molecule has 0 radical (unpaired) electrons. The Balaban J connectivity index is 2.17. The second-order valence-electron chi connectivity index (χ2n) is 6.40. The molecule has 0 spiro atoms. The number of aromatic nitrogens is 1. The zero-order valence-corrected chi connectivity index (χ0v) is 13.8. The fourth-order valence-corrected chi connectivity index (χ4v) is 4.25. The van der Waals surface area contributed by atoms with Gasteiger partial charge in [-0.05, 0) is 42.5 Å². The van der Waals surface area contributed by atoms with Crippen molar-refractivity contribution in [3.8, 4) is 11.3 Å². The van der Waals surface area contributed by atoms with Gasteiger partial charge in [-0.25, -0.2) is 0 Å². The van der Waals surface area contributed by atoms with Gasteiger partial charge in [0.25, 0.3) is 0 Å². The summed E-state index contributed by atoms with van der Waals surface area (Å²) in [5.74, 6) is 0. The van der Waals surface area contributed by atoms with E-state index in [0.717, 1.165) is 12.8 Å². The summed E-state index contributed by atoms with van der Waals surface area (Å²) in [5, 5.41) is 2.58. The molecule has 1 heteroatoms. The summed E-state index contributed by atoms with van der Waals surface area (Å²) in [4.78, 5) is 0. The molecule has 0 aliphatic carbocycles. The van der Waals surface area contributed by atoms with Crippen LogP contribution in [0.4, 0.5) is 0 Å². The number of hydrogen-bond donors (Lipinski definition) is 0. The van der Waals surface area contributed by atoms with Crippen molar-refractivity contribution in [2.24, 2.45) is 0 Å². The quantitative estimate of drug-likeness (QED) is 0.563. The maximum atomic E-state index is 4.52. The van der Waals surface area contributed by atoms with Gasteiger partial charge >= 0.3 is 0 Å². The molecule has 1 aromatic heterocycles. The Bertz CT molecular complexity index is 916. The van der Waals surface area contributed by atoms with Crippen molar-refractivity contribution in [3.63, 3.8) is 0 Å². The van der Waals surface area contributed by atoms with E-state index < -0.39 is 0 Å². The Kier molecular flexibility index (Phi) is 3.12. The molecule has 1 aliphatic rings. The van der Waals surface area contributed by atoms with Crippen molar-refractivity contribution in [3.05, 3.63) is 72.9 Å². The first-order valence-electron chi connectivity index (χ1n) is 8.46. The monoisotopic (exact) mass is 300 g/mol. The van der Waals surface area contributed by atoms with E-state index >= 15 is 0 Å². The average molecular weight is 300 g/mol. The minimum Gasteiger partial charge on any atom is -0.163 e. The largest absolute Gasteiger partial charge is 0.226 e. The van der Waals surface area contributed by atoms with E-state index in [-0.39, 0.29) is 5.41 Å².